The molecule has 1 atom stereocenters. The molecule has 1 heterocycles. The van der Waals surface area contributed by atoms with E-state index in [2.05, 4.69) is 40.1 Å². The van der Waals surface area contributed by atoms with Gasteiger partial charge in [-0.15, -0.1) is 11.6 Å². The third-order valence-electron chi connectivity index (χ3n) is 2.05. The molecule has 0 radical (unpaired) electrons. The maximum absolute atomic E-state index is 5.86. The van der Waals surface area contributed by atoms with Gasteiger partial charge in [0, 0.05) is 18.1 Å². The first kappa shape index (κ1) is 11.8. The Balaban J connectivity index is 2.72. The Labute approximate surface area is 98.2 Å². The summed E-state index contributed by atoms with van der Waals surface area (Å²) in [6, 6.07) is 4.10. The molecule has 0 aliphatic carbocycles. The SMILES string of the molecule is CC(C)C(CCl)Nc1ncccc1Br. The van der Waals surface area contributed by atoms with E-state index in [0.717, 1.165) is 10.3 Å². The molecular formula is C10H14BrClN2. The number of alkyl halides is 1. The van der Waals surface area contributed by atoms with E-state index >= 15 is 0 Å². The predicted octanol–water partition coefficient (Wildman–Crippen LogP) is 3.52. The highest BCUT2D eigenvalue weighted by Gasteiger charge is 2.13. The van der Waals surface area contributed by atoms with Gasteiger partial charge in [-0.05, 0) is 34.0 Å². The van der Waals surface area contributed by atoms with Crippen molar-refractivity contribution in [3.05, 3.63) is 22.8 Å². The number of nitrogens with one attached hydrogen (secondary N) is 1. The van der Waals surface area contributed by atoms with Gasteiger partial charge in [-0.2, -0.15) is 0 Å². The van der Waals surface area contributed by atoms with Crippen molar-refractivity contribution in [2.75, 3.05) is 11.2 Å². The van der Waals surface area contributed by atoms with Crippen molar-refractivity contribution in [2.45, 2.75) is 19.9 Å². The Morgan fingerprint density at radius 1 is 1.57 bits per heavy atom. The van der Waals surface area contributed by atoms with E-state index < -0.39 is 0 Å². The zero-order valence-corrected chi connectivity index (χ0v) is 10.6. The van der Waals surface area contributed by atoms with E-state index in [0.29, 0.717) is 11.8 Å². The zero-order chi connectivity index (χ0) is 10.6. The number of halogens is 2. The Morgan fingerprint density at radius 3 is 2.79 bits per heavy atom. The summed E-state index contributed by atoms with van der Waals surface area (Å²) >= 11 is 9.29. The molecule has 0 bridgehead atoms. The van der Waals surface area contributed by atoms with Gasteiger partial charge >= 0.3 is 0 Å². The Kier molecular flexibility index (Phi) is 4.69. The molecule has 78 valence electrons. The van der Waals surface area contributed by atoms with Crippen LogP contribution in [-0.4, -0.2) is 16.9 Å². The van der Waals surface area contributed by atoms with Crippen LogP contribution in [-0.2, 0) is 0 Å². The lowest BCUT2D eigenvalue weighted by Crippen LogP contribution is -2.27. The Morgan fingerprint density at radius 2 is 2.29 bits per heavy atom. The lowest BCUT2D eigenvalue weighted by atomic mass is 10.1. The number of hydrogen-bond donors (Lipinski definition) is 1. The zero-order valence-electron chi connectivity index (χ0n) is 8.30. The third kappa shape index (κ3) is 3.14. The predicted molar refractivity (Wildman–Crippen MR) is 64.9 cm³/mol. The normalized spacial score (nSPS) is 12.9. The Hall–Kier alpha value is -0.280. The molecule has 1 rings (SSSR count). The smallest absolute Gasteiger partial charge is 0.140 e. The van der Waals surface area contributed by atoms with Crippen molar-refractivity contribution in [2.24, 2.45) is 5.92 Å². The number of pyridine rings is 1. The summed E-state index contributed by atoms with van der Waals surface area (Å²) in [5, 5.41) is 3.31. The molecule has 0 aliphatic rings. The van der Waals surface area contributed by atoms with E-state index in [1.54, 1.807) is 6.20 Å². The lowest BCUT2D eigenvalue weighted by molar-refractivity contribution is 0.562. The quantitative estimate of drug-likeness (QED) is 0.852. The summed E-state index contributed by atoms with van der Waals surface area (Å²) in [5.74, 6) is 1.92. The number of hydrogen-bond acceptors (Lipinski definition) is 2. The first-order valence-corrected chi connectivity index (χ1v) is 5.91. The summed E-state index contributed by atoms with van der Waals surface area (Å²) in [7, 11) is 0. The van der Waals surface area contributed by atoms with Crippen molar-refractivity contribution in [1.82, 2.24) is 4.98 Å². The van der Waals surface area contributed by atoms with Crippen molar-refractivity contribution in [3.8, 4) is 0 Å². The fourth-order valence-electron chi connectivity index (χ4n) is 1.05. The van der Waals surface area contributed by atoms with Crippen molar-refractivity contribution < 1.29 is 0 Å². The molecule has 0 spiro atoms. The highest BCUT2D eigenvalue weighted by atomic mass is 79.9. The highest BCUT2D eigenvalue weighted by molar-refractivity contribution is 9.10. The van der Waals surface area contributed by atoms with Crippen LogP contribution < -0.4 is 5.32 Å². The summed E-state index contributed by atoms with van der Waals surface area (Å²) in [6.45, 7) is 4.27. The lowest BCUT2D eigenvalue weighted by Gasteiger charge is -2.20. The van der Waals surface area contributed by atoms with E-state index in [1.165, 1.54) is 0 Å². The average molecular weight is 278 g/mol. The molecule has 0 amide bonds. The van der Waals surface area contributed by atoms with Crippen LogP contribution in [0, 0.1) is 5.92 Å². The van der Waals surface area contributed by atoms with E-state index in [4.69, 9.17) is 11.6 Å². The van der Waals surface area contributed by atoms with Crippen molar-refractivity contribution in [3.63, 3.8) is 0 Å². The van der Waals surface area contributed by atoms with Gasteiger partial charge < -0.3 is 5.32 Å². The van der Waals surface area contributed by atoms with Crippen LogP contribution in [0.5, 0.6) is 0 Å². The minimum Gasteiger partial charge on any atom is -0.365 e. The van der Waals surface area contributed by atoms with Gasteiger partial charge in [0.2, 0.25) is 0 Å². The second-order valence-electron chi connectivity index (χ2n) is 3.48. The average Bonchev–Trinajstić information content (AvgIpc) is 2.16. The first-order valence-electron chi connectivity index (χ1n) is 4.58. The van der Waals surface area contributed by atoms with Gasteiger partial charge in [0.1, 0.15) is 5.82 Å². The molecule has 0 fully saturated rings. The summed E-state index contributed by atoms with van der Waals surface area (Å²) in [5.41, 5.74) is 0. The number of nitrogens with zero attached hydrogens (tertiary/aromatic N) is 1. The topological polar surface area (TPSA) is 24.9 Å². The molecule has 0 aliphatic heterocycles. The number of anilines is 1. The van der Waals surface area contributed by atoms with E-state index in [9.17, 15) is 0 Å². The molecule has 2 nitrogen and oxygen atoms in total. The monoisotopic (exact) mass is 276 g/mol. The molecule has 0 saturated carbocycles. The molecule has 1 N–H and O–H groups in total. The van der Waals surface area contributed by atoms with Crippen LogP contribution >= 0.6 is 27.5 Å². The second-order valence-corrected chi connectivity index (χ2v) is 4.65. The highest BCUT2D eigenvalue weighted by Crippen LogP contribution is 2.21. The van der Waals surface area contributed by atoms with Gasteiger partial charge in [-0.3, -0.25) is 0 Å². The van der Waals surface area contributed by atoms with Crippen LogP contribution in [0.3, 0.4) is 0 Å². The van der Waals surface area contributed by atoms with Gasteiger partial charge in [0.05, 0.1) is 4.47 Å². The van der Waals surface area contributed by atoms with E-state index in [1.807, 2.05) is 12.1 Å². The fourth-order valence-corrected chi connectivity index (χ4v) is 1.85. The molecule has 0 saturated heterocycles. The van der Waals surface area contributed by atoms with Gasteiger partial charge in [-0.1, -0.05) is 13.8 Å². The largest absolute Gasteiger partial charge is 0.365 e. The van der Waals surface area contributed by atoms with E-state index in [-0.39, 0.29) is 6.04 Å². The number of aromatic nitrogens is 1. The molecule has 1 aromatic rings. The minimum absolute atomic E-state index is 0.253. The van der Waals surface area contributed by atoms with Crippen LogP contribution in [0.1, 0.15) is 13.8 Å². The molecule has 1 aromatic heterocycles. The van der Waals surface area contributed by atoms with Crippen LogP contribution in [0.4, 0.5) is 5.82 Å². The molecule has 1 unspecified atom stereocenters. The van der Waals surface area contributed by atoms with Crippen LogP contribution in [0.15, 0.2) is 22.8 Å². The molecule has 0 aromatic carbocycles. The maximum atomic E-state index is 5.86. The maximum Gasteiger partial charge on any atom is 0.140 e. The summed E-state index contributed by atoms with van der Waals surface area (Å²) < 4.78 is 0.968. The van der Waals surface area contributed by atoms with Crippen molar-refractivity contribution in [1.29, 1.82) is 0 Å². The molecule has 14 heavy (non-hydrogen) atoms. The third-order valence-corrected chi connectivity index (χ3v) is 3.02. The molecular weight excluding hydrogens is 263 g/mol. The standard InChI is InChI=1S/C10H14BrClN2/c1-7(2)9(6-12)14-10-8(11)4-3-5-13-10/h3-5,7,9H,6H2,1-2H3,(H,13,14). The Bertz CT molecular complexity index is 291. The second kappa shape index (κ2) is 5.56. The van der Waals surface area contributed by atoms with Gasteiger partial charge in [0.25, 0.3) is 0 Å². The summed E-state index contributed by atoms with van der Waals surface area (Å²) in [6.07, 6.45) is 1.76. The van der Waals surface area contributed by atoms with Crippen molar-refractivity contribution >= 4 is 33.3 Å². The van der Waals surface area contributed by atoms with Gasteiger partial charge in [-0.25, -0.2) is 4.98 Å². The van der Waals surface area contributed by atoms with Crippen LogP contribution in [0.2, 0.25) is 0 Å². The number of rotatable bonds is 4. The molecule has 4 heteroatoms. The summed E-state index contributed by atoms with van der Waals surface area (Å²) in [4.78, 5) is 4.23. The van der Waals surface area contributed by atoms with Crippen LogP contribution in [0.25, 0.3) is 0 Å². The minimum atomic E-state index is 0.253. The first-order chi connectivity index (χ1) is 6.65. The van der Waals surface area contributed by atoms with Gasteiger partial charge in [0.15, 0.2) is 0 Å². The fraction of sp³-hybridized carbons (Fsp3) is 0.500.